The molecule has 5 heteroatoms. The van der Waals surface area contributed by atoms with E-state index in [1.807, 2.05) is 6.08 Å². The summed E-state index contributed by atoms with van der Waals surface area (Å²) in [7, 11) is 0. The molecule has 1 N–H and O–H groups in total. The van der Waals surface area contributed by atoms with Crippen LogP contribution in [0.3, 0.4) is 0 Å². The number of amides is 1. The van der Waals surface area contributed by atoms with E-state index in [1.165, 1.54) is 17.3 Å². The van der Waals surface area contributed by atoms with Gasteiger partial charge in [-0.2, -0.15) is 4.99 Å². The van der Waals surface area contributed by atoms with Crippen molar-refractivity contribution >= 4 is 28.9 Å². The number of rotatable bonds is 3. The molecule has 0 aliphatic carbocycles. The van der Waals surface area contributed by atoms with Crippen molar-refractivity contribution in [1.82, 2.24) is 4.90 Å². The quantitative estimate of drug-likeness (QED) is 0.809. The highest BCUT2D eigenvalue weighted by atomic mass is 32.2. The average molecular weight is 378 g/mol. The molecule has 27 heavy (non-hydrogen) atoms. The lowest BCUT2D eigenvalue weighted by Gasteiger charge is -2.32. The van der Waals surface area contributed by atoms with Gasteiger partial charge < -0.3 is 10.0 Å². The molecule has 1 fully saturated rings. The summed E-state index contributed by atoms with van der Waals surface area (Å²) < 4.78 is 0. The number of piperidine rings is 1. The van der Waals surface area contributed by atoms with Crippen LogP contribution in [0.2, 0.25) is 0 Å². The van der Waals surface area contributed by atoms with Gasteiger partial charge in [0.05, 0.1) is 4.91 Å². The van der Waals surface area contributed by atoms with Crippen molar-refractivity contribution in [2.75, 3.05) is 13.1 Å². The molecule has 0 spiro atoms. The van der Waals surface area contributed by atoms with Gasteiger partial charge in [0.25, 0.3) is 5.91 Å². The first kappa shape index (κ1) is 17.9. The third-order valence-corrected chi connectivity index (χ3v) is 6.10. The Morgan fingerprint density at radius 2 is 1.78 bits per heavy atom. The summed E-state index contributed by atoms with van der Waals surface area (Å²) in [6, 6.07) is 17.5. The van der Waals surface area contributed by atoms with E-state index < -0.39 is 0 Å². The Balaban J connectivity index is 1.34. The van der Waals surface area contributed by atoms with Crippen LogP contribution in [0.15, 0.2) is 64.5 Å². The van der Waals surface area contributed by atoms with Crippen molar-refractivity contribution in [3.05, 3.63) is 70.6 Å². The van der Waals surface area contributed by atoms with Gasteiger partial charge in [-0.15, -0.1) is 0 Å². The maximum absolute atomic E-state index is 12.3. The molecule has 4 rings (SSSR count). The van der Waals surface area contributed by atoms with Gasteiger partial charge >= 0.3 is 0 Å². The minimum Gasteiger partial charge on any atom is -0.508 e. The second-order valence-corrected chi connectivity index (χ2v) is 8.03. The number of phenols is 1. The van der Waals surface area contributed by atoms with Crippen LogP contribution in [-0.2, 0) is 11.2 Å². The van der Waals surface area contributed by atoms with Gasteiger partial charge in [-0.25, -0.2) is 0 Å². The van der Waals surface area contributed by atoms with Crippen molar-refractivity contribution in [3.63, 3.8) is 0 Å². The number of hydrogen-bond donors (Lipinski definition) is 1. The lowest BCUT2D eigenvalue weighted by molar-refractivity contribution is -0.113. The van der Waals surface area contributed by atoms with Crippen LogP contribution in [0.5, 0.6) is 5.75 Å². The van der Waals surface area contributed by atoms with E-state index >= 15 is 0 Å². The highest BCUT2D eigenvalue weighted by molar-refractivity contribution is 8.18. The summed E-state index contributed by atoms with van der Waals surface area (Å²) in [4.78, 5) is 19.4. The summed E-state index contributed by atoms with van der Waals surface area (Å²) >= 11 is 1.45. The fourth-order valence-corrected chi connectivity index (χ4v) is 4.50. The molecule has 0 aromatic heterocycles. The van der Waals surface area contributed by atoms with E-state index in [9.17, 15) is 9.90 Å². The molecule has 2 aromatic carbocycles. The number of aromatic hydroxyl groups is 1. The third-order valence-electron chi connectivity index (χ3n) is 5.05. The molecule has 2 aromatic rings. The van der Waals surface area contributed by atoms with Crippen molar-refractivity contribution in [2.24, 2.45) is 10.9 Å². The number of benzene rings is 2. The predicted molar refractivity (Wildman–Crippen MR) is 111 cm³/mol. The Morgan fingerprint density at radius 3 is 2.48 bits per heavy atom. The second-order valence-electron chi connectivity index (χ2n) is 7.02. The molecule has 0 saturated carbocycles. The number of carbonyl (C=O) groups excluding carboxylic acids is 1. The summed E-state index contributed by atoms with van der Waals surface area (Å²) in [6.45, 7) is 1.90. The molecule has 2 aliphatic rings. The first-order valence-corrected chi connectivity index (χ1v) is 10.1. The van der Waals surface area contributed by atoms with E-state index in [-0.39, 0.29) is 11.7 Å². The molecule has 0 bridgehead atoms. The number of phenolic OH excluding ortho intramolecular Hbond substituents is 1. The highest BCUT2D eigenvalue weighted by Crippen LogP contribution is 2.32. The maximum atomic E-state index is 12.3. The Bertz CT molecular complexity index is 867. The van der Waals surface area contributed by atoms with Gasteiger partial charge in [0.2, 0.25) is 0 Å². The minimum absolute atomic E-state index is 0.172. The van der Waals surface area contributed by atoms with Gasteiger partial charge in [-0.3, -0.25) is 4.79 Å². The molecular formula is C22H22N2O2S. The zero-order valence-corrected chi connectivity index (χ0v) is 15.9. The number of carbonyl (C=O) groups is 1. The van der Waals surface area contributed by atoms with Crippen molar-refractivity contribution < 1.29 is 9.90 Å². The minimum atomic E-state index is -0.172. The average Bonchev–Trinajstić information content (AvgIpc) is 3.05. The van der Waals surface area contributed by atoms with Crippen LogP contribution in [0.25, 0.3) is 6.08 Å². The van der Waals surface area contributed by atoms with Crippen LogP contribution < -0.4 is 0 Å². The topological polar surface area (TPSA) is 52.9 Å². The molecule has 0 radical (unpaired) electrons. The van der Waals surface area contributed by atoms with E-state index in [2.05, 4.69) is 40.2 Å². The second kappa shape index (κ2) is 8.01. The van der Waals surface area contributed by atoms with Crippen LogP contribution in [-0.4, -0.2) is 34.2 Å². The summed E-state index contributed by atoms with van der Waals surface area (Å²) in [5, 5.41) is 10.2. The normalized spacial score (nSPS) is 19.6. The Morgan fingerprint density at radius 1 is 1.07 bits per heavy atom. The monoisotopic (exact) mass is 378 g/mol. The summed E-state index contributed by atoms with van der Waals surface area (Å²) in [5.41, 5.74) is 2.29. The molecule has 0 atom stereocenters. The number of thioether (sulfide) groups is 1. The largest absolute Gasteiger partial charge is 0.508 e. The fraction of sp³-hybridized carbons (Fsp3) is 0.273. The van der Waals surface area contributed by atoms with Gasteiger partial charge in [-0.1, -0.05) is 42.5 Å². The molecule has 4 nitrogen and oxygen atoms in total. The third kappa shape index (κ3) is 4.42. The standard InChI is InChI=1S/C22H22N2O2S/c25-19-8-6-17(7-9-19)15-20-21(26)23-22(27-20)24-12-10-18(11-13-24)14-16-4-2-1-3-5-16/h1-9,15,18,25H,10-14H2/b20-15-. The van der Waals surface area contributed by atoms with Crippen molar-refractivity contribution in [3.8, 4) is 5.75 Å². The SMILES string of the molecule is O=C1N=C(N2CCC(Cc3ccccc3)CC2)S/C1=C\c1ccc(O)cc1. The van der Waals surface area contributed by atoms with Gasteiger partial charge in [0.15, 0.2) is 5.17 Å². The maximum Gasteiger partial charge on any atom is 0.286 e. The number of nitrogens with zero attached hydrogens (tertiary/aromatic N) is 2. The molecule has 2 heterocycles. The van der Waals surface area contributed by atoms with Crippen molar-refractivity contribution in [1.29, 1.82) is 0 Å². The first-order chi connectivity index (χ1) is 13.2. The van der Waals surface area contributed by atoms with Gasteiger partial charge in [0.1, 0.15) is 5.75 Å². The van der Waals surface area contributed by atoms with Crippen LogP contribution in [0.4, 0.5) is 0 Å². The Hall–Kier alpha value is -2.53. The highest BCUT2D eigenvalue weighted by Gasteiger charge is 2.29. The summed E-state index contributed by atoms with van der Waals surface area (Å²) in [6.07, 6.45) is 5.21. The number of amidine groups is 1. The fourth-order valence-electron chi connectivity index (χ4n) is 3.53. The Labute approximate surface area is 163 Å². The van der Waals surface area contributed by atoms with Gasteiger partial charge in [-0.05, 0) is 66.3 Å². The lowest BCUT2D eigenvalue weighted by Crippen LogP contribution is -2.37. The molecule has 138 valence electrons. The predicted octanol–water partition coefficient (Wildman–Crippen LogP) is 4.32. The molecular weight excluding hydrogens is 356 g/mol. The first-order valence-electron chi connectivity index (χ1n) is 9.28. The van der Waals surface area contributed by atoms with Crippen LogP contribution in [0, 0.1) is 5.92 Å². The van der Waals surface area contributed by atoms with Gasteiger partial charge in [0, 0.05) is 13.1 Å². The van der Waals surface area contributed by atoms with Crippen LogP contribution in [0.1, 0.15) is 24.0 Å². The molecule has 1 saturated heterocycles. The lowest BCUT2D eigenvalue weighted by atomic mass is 9.90. The smallest absolute Gasteiger partial charge is 0.286 e. The Kier molecular flexibility index (Phi) is 5.30. The van der Waals surface area contributed by atoms with Crippen molar-refractivity contribution in [2.45, 2.75) is 19.3 Å². The van der Waals surface area contributed by atoms with Crippen LogP contribution >= 0.6 is 11.8 Å². The number of aliphatic imine (C=N–C) groups is 1. The number of likely N-dealkylation sites (tertiary alicyclic amines) is 1. The number of hydrogen-bond acceptors (Lipinski definition) is 4. The summed E-state index contributed by atoms with van der Waals surface area (Å²) in [5.74, 6) is 0.741. The van der Waals surface area contributed by atoms with E-state index in [0.29, 0.717) is 10.8 Å². The zero-order chi connectivity index (χ0) is 18.6. The zero-order valence-electron chi connectivity index (χ0n) is 15.0. The van der Waals surface area contributed by atoms with E-state index in [1.54, 1.807) is 24.3 Å². The van der Waals surface area contributed by atoms with E-state index in [4.69, 9.17) is 0 Å². The van der Waals surface area contributed by atoms with E-state index in [0.717, 1.165) is 43.1 Å². The molecule has 2 aliphatic heterocycles. The molecule has 0 unspecified atom stereocenters. The molecule has 1 amide bonds.